The highest BCUT2D eigenvalue weighted by atomic mass is 16.4. The topological polar surface area (TPSA) is 77.8 Å². The molecule has 0 bridgehead atoms. The van der Waals surface area contributed by atoms with Crippen molar-refractivity contribution in [2.24, 2.45) is 0 Å². The van der Waals surface area contributed by atoms with E-state index in [1.165, 1.54) is 6.08 Å². The number of hydrogen-bond donors (Lipinski definition) is 2. The molecule has 5 nitrogen and oxygen atoms in total. The first-order valence-corrected chi connectivity index (χ1v) is 4.65. The van der Waals surface area contributed by atoms with E-state index in [0.29, 0.717) is 12.1 Å². The normalized spacial score (nSPS) is 14.0. The number of rotatable bonds is 1. The summed E-state index contributed by atoms with van der Waals surface area (Å²) in [6.07, 6.45) is 0.543. The van der Waals surface area contributed by atoms with Crippen LogP contribution in [0.2, 0.25) is 0 Å². The maximum atomic E-state index is 11.1. The van der Waals surface area contributed by atoms with E-state index in [0.717, 1.165) is 10.5 Å². The van der Waals surface area contributed by atoms with E-state index in [9.17, 15) is 9.59 Å². The zero-order valence-corrected chi connectivity index (χ0v) is 8.25. The third-order valence-electron chi connectivity index (χ3n) is 2.40. The van der Waals surface area contributed by atoms with Crippen molar-refractivity contribution in [3.8, 4) is 0 Å². The van der Waals surface area contributed by atoms with Crippen LogP contribution in [0.1, 0.15) is 5.56 Å². The van der Waals surface area contributed by atoms with E-state index < -0.39 is 12.1 Å². The van der Waals surface area contributed by atoms with Gasteiger partial charge in [-0.25, -0.2) is 14.5 Å². The monoisotopic (exact) mass is 219 g/mol. The minimum absolute atomic E-state index is 0.216. The number of aliphatic carboxylic acids is 1. The Hall–Kier alpha value is -2.30. The third kappa shape index (κ3) is 1.52. The number of nitrogens with zero attached hydrogens (tertiary/aromatic N) is 1. The standard InChI is InChI=1S/C11H9NO4/c13-10(14)9-6-5-7-3-1-2-4-8(7)12(9)11(15)16/h1-4,6H,5H2,(H,13,14)(H,15,16). The van der Waals surface area contributed by atoms with Crippen LogP contribution in [-0.2, 0) is 11.2 Å². The van der Waals surface area contributed by atoms with Gasteiger partial charge in [-0.05, 0) is 24.1 Å². The Labute approximate surface area is 91.2 Å². The molecule has 0 saturated carbocycles. The predicted molar refractivity (Wildman–Crippen MR) is 56.4 cm³/mol. The van der Waals surface area contributed by atoms with E-state index >= 15 is 0 Å². The largest absolute Gasteiger partial charge is 0.477 e. The molecule has 0 spiro atoms. The zero-order valence-electron chi connectivity index (χ0n) is 8.25. The van der Waals surface area contributed by atoms with Gasteiger partial charge in [0, 0.05) is 0 Å². The van der Waals surface area contributed by atoms with Crippen molar-refractivity contribution in [1.29, 1.82) is 0 Å². The molecule has 5 heteroatoms. The molecular weight excluding hydrogens is 210 g/mol. The minimum atomic E-state index is -1.29. The van der Waals surface area contributed by atoms with Crippen LogP contribution in [0.25, 0.3) is 0 Å². The summed E-state index contributed by atoms with van der Waals surface area (Å²) >= 11 is 0. The number of carboxylic acid groups (broad SMARTS) is 2. The molecule has 0 unspecified atom stereocenters. The first kappa shape index (κ1) is 10.2. The first-order valence-electron chi connectivity index (χ1n) is 4.65. The van der Waals surface area contributed by atoms with Gasteiger partial charge in [0.2, 0.25) is 0 Å². The summed E-state index contributed by atoms with van der Waals surface area (Å²) in [5.41, 5.74) is 0.996. The summed E-state index contributed by atoms with van der Waals surface area (Å²) in [6, 6.07) is 6.85. The number of carbonyl (C=O) groups is 2. The van der Waals surface area contributed by atoms with Crippen molar-refractivity contribution < 1.29 is 19.8 Å². The highest BCUT2D eigenvalue weighted by molar-refractivity contribution is 6.04. The van der Waals surface area contributed by atoms with Crippen LogP contribution in [0.5, 0.6) is 0 Å². The van der Waals surface area contributed by atoms with Crippen molar-refractivity contribution in [2.45, 2.75) is 6.42 Å². The van der Waals surface area contributed by atoms with Crippen LogP contribution < -0.4 is 4.90 Å². The van der Waals surface area contributed by atoms with Gasteiger partial charge in [0.05, 0.1) is 5.69 Å². The minimum Gasteiger partial charge on any atom is -0.477 e. The first-order chi connectivity index (χ1) is 7.61. The molecule has 16 heavy (non-hydrogen) atoms. The van der Waals surface area contributed by atoms with E-state index in [-0.39, 0.29) is 5.70 Å². The van der Waals surface area contributed by atoms with E-state index in [1.54, 1.807) is 24.3 Å². The lowest BCUT2D eigenvalue weighted by molar-refractivity contribution is -0.132. The van der Waals surface area contributed by atoms with Crippen molar-refractivity contribution in [3.05, 3.63) is 41.6 Å². The fraction of sp³-hybridized carbons (Fsp3) is 0.0909. The van der Waals surface area contributed by atoms with Crippen LogP contribution in [0.3, 0.4) is 0 Å². The lowest BCUT2D eigenvalue weighted by Gasteiger charge is -2.25. The van der Waals surface area contributed by atoms with Crippen molar-refractivity contribution in [3.63, 3.8) is 0 Å². The van der Waals surface area contributed by atoms with Gasteiger partial charge >= 0.3 is 12.1 Å². The number of allylic oxidation sites excluding steroid dienone is 1. The number of carboxylic acids is 1. The van der Waals surface area contributed by atoms with Crippen molar-refractivity contribution >= 4 is 17.7 Å². The Morgan fingerprint density at radius 2 is 1.88 bits per heavy atom. The molecule has 0 radical (unpaired) electrons. The molecule has 1 aliphatic heterocycles. The molecule has 0 atom stereocenters. The summed E-state index contributed by atoms with van der Waals surface area (Å²) in [4.78, 5) is 22.8. The molecule has 1 heterocycles. The van der Waals surface area contributed by atoms with Crippen LogP contribution >= 0.6 is 0 Å². The third-order valence-corrected chi connectivity index (χ3v) is 2.40. The Bertz CT molecular complexity index is 493. The quantitative estimate of drug-likeness (QED) is 0.753. The van der Waals surface area contributed by atoms with Gasteiger partial charge in [0.25, 0.3) is 0 Å². The van der Waals surface area contributed by atoms with Crippen LogP contribution in [0, 0.1) is 0 Å². The number of anilines is 1. The summed E-state index contributed by atoms with van der Waals surface area (Å²) in [5, 5.41) is 17.9. The number of fused-ring (bicyclic) bond motifs is 1. The molecule has 1 aromatic carbocycles. The molecule has 2 N–H and O–H groups in total. The predicted octanol–water partition coefficient (Wildman–Crippen LogP) is 1.70. The second-order valence-corrected chi connectivity index (χ2v) is 3.35. The molecule has 0 aromatic heterocycles. The Kier molecular flexibility index (Phi) is 2.36. The average molecular weight is 219 g/mol. The molecule has 82 valence electrons. The molecule has 0 aliphatic carbocycles. The lowest BCUT2D eigenvalue weighted by atomic mass is 10.0. The van der Waals surface area contributed by atoms with Gasteiger partial charge < -0.3 is 10.2 Å². The van der Waals surface area contributed by atoms with Crippen LogP contribution in [0.4, 0.5) is 10.5 Å². The molecule has 2 rings (SSSR count). The van der Waals surface area contributed by atoms with Gasteiger partial charge in [-0.15, -0.1) is 0 Å². The van der Waals surface area contributed by atoms with Gasteiger partial charge in [-0.3, -0.25) is 0 Å². The maximum absolute atomic E-state index is 11.1. The second kappa shape index (κ2) is 3.69. The van der Waals surface area contributed by atoms with E-state index in [2.05, 4.69) is 0 Å². The Morgan fingerprint density at radius 1 is 1.19 bits per heavy atom. The Morgan fingerprint density at radius 3 is 2.50 bits per heavy atom. The smallest absolute Gasteiger partial charge is 0.416 e. The number of benzene rings is 1. The molecule has 0 saturated heterocycles. The summed E-state index contributed by atoms with van der Waals surface area (Å²) in [6.45, 7) is 0. The summed E-state index contributed by atoms with van der Waals surface area (Å²) in [7, 11) is 0. The average Bonchev–Trinajstić information content (AvgIpc) is 2.27. The highest BCUT2D eigenvalue weighted by Gasteiger charge is 2.28. The lowest BCUT2D eigenvalue weighted by Crippen LogP contribution is -2.35. The van der Waals surface area contributed by atoms with Gasteiger partial charge in [-0.1, -0.05) is 18.2 Å². The zero-order chi connectivity index (χ0) is 11.7. The number of hydrogen-bond acceptors (Lipinski definition) is 2. The Balaban J connectivity index is 2.54. The number of amides is 1. The fourth-order valence-corrected chi connectivity index (χ4v) is 1.72. The SMILES string of the molecule is O=C(O)C1=CCc2ccccc2N1C(=O)O. The van der Waals surface area contributed by atoms with Crippen molar-refractivity contribution in [1.82, 2.24) is 0 Å². The molecule has 1 aliphatic rings. The number of para-hydroxylation sites is 1. The van der Waals surface area contributed by atoms with Gasteiger partial charge in [0.1, 0.15) is 5.70 Å². The second-order valence-electron chi connectivity index (χ2n) is 3.35. The van der Waals surface area contributed by atoms with Crippen LogP contribution in [-0.4, -0.2) is 22.3 Å². The highest BCUT2D eigenvalue weighted by Crippen LogP contribution is 2.29. The molecular formula is C11H9NO4. The summed E-state index contributed by atoms with van der Waals surface area (Å²) in [5.74, 6) is -1.24. The molecule has 0 fully saturated rings. The van der Waals surface area contributed by atoms with E-state index in [4.69, 9.17) is 10.2 Å². The van der Waals surface area contributed by atoms with Crippen molar-refractivity contribution in [2.75, 3.05) is 4.90 Å². The van der Waals surface area contributed by atoms with Crippen LogP contribution in [0.15, 0.2) is 36.0 Å². The summed E-state index contributed by atoms with van der Waals surface area (Å²) < 4.78 is 0. The maximum Gasteiger partial charge on any atom is 0.416 e. The van der Waals surface area contributed by atoms with Gasteiger partial charge in [-0.2, -0.15) is 0 Å². The van der Waals surface area contributed by atoms with Gasteiger partial charge in [0.15, 0.2) is 0 Å². The fourth-order valence-electron chi connectivity index (χ4n) is 1.72. The molecule has 1 amide bonds. The molecule has 1 aromatic rings. The van der Waals surface area contributed by atoms with E-state index in [1.807, 2.05) is 0 Å².